The summed E-state index contributed by atoms with van der Waals surface area (Å²) in [7, 11) is -4.98. The van der Waals surface area contributed by atoms with Crippen LogP contribution in [0.15, 0.2) is 121 Å². The zero-order chi connectivity index (χ0) is 55.1. The van der Waals surface area contributed by atoms with Crippen LogP contribution in [-0.2, 0) is 47.9 Å². The molecule has 0 fully saturated rings. The normalized spacial score (nSPS) is 11.0. The van der Waals surface area contributed by atoms with Gasteiger partial charge in [0.2, 0.25) is 0 Å². The van der Waals surface area contributed by atoms with E-state index in [-0.39, 0.29) is 111 Å². The number of nitrogens with zero attached hydrogens (tertiary/aromatic N) is 6. The minimum Gasteiger partial charge on any atom is -1.00 e. The summed E-state index contributed by atoms with van der Waals surface area (Å²) >= 11 is 14.7. The van der Waals surface area contributed by atoms with Crippen molar-refractivity contribution in [1.82, 2.24) is 27.5 Å². The molecule has 8 rings (SSSR count). The molecule has 0 aliphatic rings. The number of rotatable bonds is 27. The average Bonchev–Trinajstić information content (AvgIpc) is 4.26. The number of pyridine rings is 2. The van der Waals surface area contributed by atoms with Gasteiger partial charge in [-0.2, -0.15) is 41.9 Å². The van der Waals surface area contributed by atoms with E-state index in [1.807, 2.05) is 138 Å². The molecule has 4 aromatic carbocycles. The molecule has 0 aliphatic carbocycles. The summed E-state index contributed by atoms with van der Waals surface area (Å²) in [6.45, 7) is 15.5. The summed E-state index contributed by atoms with van der Waals surface area (Å²) in [5.41, 5.74) is 13.4. The van der Waals surface area contributed by atoms with Crippen LogP contribution in [0.2, 0.25) is 12.1 Å². The van der Waals surface area contributed by atoms with Gasteiger partial charge in [-0.05, 0) is 77.0 Å². The third-order valence-corrected chi connectivity index (χ3v) is 20.2. The molecule has 0 aliphatic heterocycles. The second-order valence-corrected chi connectivity index (χ2v) is 24.6. The number of thiol groups is 1. The largest absolute Gasteiger partial charge is 1.00 e. The van der Waals surface area contributed by atoms with Crippen molar-refractivity contribution in [3.8, 4) is 44.8 Å². The van der Waals surface area contributed by atoms with E-state index in [2.05, 4.69) is 67.0 Å². The molecule has 0 bridgehead atoms. The minimum absolute atomic E-state index is 0. The van der Waals surface area contributed by atoms with Gasteiger partial charge in [0.25, 0.3) is 6.47 Å². The maximum Gasteiger partial charge on any atom is 1.00 e. The molecule has 0 spiro atoms. The van der Waals surface area contributed by atoms with E-state index in [4.69, 9.17) is 62.6 Å². The third-order valence-electron chi connectivity index (χ3n) is 11.2. The fourth-order valence-corrected chi connectivity index (χ4v) is 16.4. The Balaban J connectivity index is 0.000000426. The fourth-order valence-electron chi connectivity index (χ4n) is 8.25. The Kier molecular flexibility index (Phi) is 37.2. The Hall–Kier alpha value is -1.29. The summed E-state index contributed by atoms with van der Waals surface area (Å²) in [5.74, 6) is 2.93. The van der Waals surface area contributed by atoms with Crippen molar-refractivity contribution in [3.63, 3.8) is 0 Å². The van der Waals surface area contributed by atoms with Crippen molar-refractivity contribution in [2.24, 2.45) is 0 Å². The Morgan fingerprint density at radius 2 is 0.873 bits per heavy atom. The quantitative estimate of drug-likeness (QED) is 0.0104. The number of carbonyl (C=O) groups excluding carboxylic acids is 1. The van der Waals surface area contributed by atoms with E-state index in [9.17, 15) is 0 Å². The molecule has 0 radical (unpaired) electrons. The molecule has 0 unspecified atom stereocenters. The number of alkyl halides is 1. The van der Waals surface area contributed by atoms with Crippen LogP contribution in [0.1, 0.15) is 67.2 Å². The van der Waals surface area contributed by atoms with Crippen molar-refractivity contribution in [3.05, 3.63) is 133 Å². The van der Waals surface area contributed by atoms with Crippen LogP contribution >= 0.6 is 59.4 Å². The maximum atomic E-state index is 8.64. The number of halogens is 1. The average molecular weight is 1260 g/mol. The van der Waals surface area contributed by atoms with Crippen molar-refractivity contribution < 1.29 is 146 Å². The predicted molar refractivity (Wildman–Crippen MR) is 320 cm³/mol. The van der Waals surface area contributed by atoms with Gasteiger partial charge in [-0.25, -0.2) is 9.97 Å². The predicted octanol–water partition coefficient (Wildman–Crippen LogP) is 7.16. The number of benzene rings is 4. The molecule has 8 aromatic rings. The SMILES string of the molecule is CCO[Si](CCCS)(OCC)OCC.CCO[Si](CCCSCc1nc(-c2ccccc2)c2nsnc2c1-c1ccccc1)(OCC)OCC.ClCc1nc(-c2ccccc2)c2nsnc2c1-c1ccccc1.O=CO[O-].[H-].[K+].[K+]. The number of aromatic nitrogens is 6. The molecular formula is C55H69ClK2N6O9S4Si2. The van der Waals surface area contributed by atoms with Gasteiger partial charge in [0, 0.05) is 79.7 Å². The van der Waals surface area contributed by atoms with Crippen LogP contribution in [0.4, 0.5) is 0 Å². The second kappa shape index (κ2) is 40.9. The topological polar surface area (TPSA) is 182 Å². The third kappa shape index (κ3) is 21.9. The van der Waals surface area contributed by atoms with Crippen LogP contribution in [0.3, 0.4) is 0 Å². The van der Waals surface area contributed by atoms with Gasteiger partial charge >= 0.3 is 120 Å². The molecule has 0 saturated carbocycles. The molecular weight excluding hydrogens is 1190 g/mol. The standard InChI is InChI=1S/C27H33N3O3S2Si.C18H12ClN3S.C9H22O3SSi.CH2O3.2K.H/c1-4-31-36(32-5-2,33-6-3)19-13-18-34-20-23-24(21-14-9-7-10-15-21)26-27(30-35-29-26)25(28-23)22-16-11-8-12-17-22;19-11-14-15(12-7-3-1-4-8-12)17-18(22-23-21-17)16(20-14)13-9-5-2-6-10-13;1-4-10-14(11-5-2,12-6-3)9-7-8-13;2-1-4-3;;;/h7-12,14-17H,4-6,13,18-20H2,1-3H3;1-10H,11H2;13H,4-9H2,1-3H3;1,3H;;;/q;;;;2*+1;-1/p-1. The summed E-state index contributed by atoms with van der Waals surface area (Å²) in [6, 6.07) is 42.5. The van der Waals surface area contributed by atoms with Crippen LogP contribution in [0.5, 0.6) is 0 Å². The first-order valence-electron chi connectivity index (χ1n) is 25.6. The molecule has 15 nitrogen and oxygen atoms in total. The van der Waals surface area contributed by atoms with Gasteiger partial charge in [0.05, 0.1) is 52.1 Å². The van der Waals surface area contributed by atoms with Crippen LogP contribution in [0.25, 0.3) is 66.8 Å². The summed E-state index contributed by atoms with van der Waals surface area (Å²) in [5, 5.41) is 8.43. The van der Waals surface area contributed by atoms with Gasteiger partial charge in [-0.1, -0.05) is 121 Å². The molecule has 414 valence electrons. The Bertz CT molecular complexity index is 2890. The molecule has 0 saturated heterocycles. The minimum atomic E-state index is -2.61. The van der Waals surface area contributed by atoms with E-state index in [0.29, 0.717) is 45.5 Å². The maximum absolute atomic E-state index is 8.64. The monoisotopic (exact) mass is 1250 g/mol. The fraction of sp³-hybridized carbons (Fsp3) is 0.364. The van der Waals surface area contributed by atoms with E-state index >= 15 is 0 Å². The summed E-state index contributed by atoms with van der Waals surface area (Å²) in [6.07, 6.45) is 1.94. The molecule has 0 N–H and O–H groups in total. The van der Waals surface area contributed by atoms with Crippen LogP contribution < -0.4 is 108 Å². The zero-order valence-corrected chi connectivity index (χ0v) is 58.8. The van der Waals surface area contributed by atoms with E-state index in [1.54, 1.807) is 0 Å². The summed E-state index contributed by atoms with van der Waals surface area (Å²) < 4.78 is 53.4. The van der Waals surface area contributed by atoms with Gasteiger partial charge in [0.1, 0.15) is 22.1 Å². The molecule has 4 aromatic heterocycles. The van der Waals surface area contributed by atoms with E-state index in [0.717, 1.165) is 120 Å². The van der Waals surface area contributed by atoms with Crippen molar-refractivity contribution in [2.75, 3.05) is 51.1 Å². The van der Waals surface area contributed by atoms with Gasteiger partial charge in [0.15, 0.2) is 0 Å². The first-order chi connectivity index (χ1) is 37.7. The van der Waals surface area contributed by atoms with Crippen LogP contribution in [0, 0.1) is 0 Å². The Labute approximate surface area is 577 Å². The van der Waals surface area contributed by atoms with E-state index in [1.165, 1.54) is 23.5 Å². The van der Waals surface area contributed by atoms with Gasteiger partial charge < -0.3 is 38.1 Å². The Morgan fingerprint density at radius 1 is 0.544 bits per heavy atom. The van der Waals surface area contributed by atoms with Gasteiger partial charge in [-0.3, -0.25) is 4.79 Å². The van der Waals surface area contributed by atoms with Crippen LogP contribution in [-0.4, -0.2) is 103 Å². The number of hydrogen-bond acceptors (Lipinski definition) is 19. The number of thioether (sulfide) groups is 1. The molecule has 79 heavy (non-hydrogen) atoms. The number of hydrogen-bond donors (Lipinski definition) is 1. The summed E-state index contributed by atoms with van der Waals surface area (Å²) in [4.78, 5) is 21.2. The van der Waals surface area contributed by atoms with E-state index < -0.39 is 17.6 Å². The smallest absolute Gasteiger partial charge is 1.00 e. The zero-order valence-electron chi connectivity index (χ0n) is 47.4. The molecule has 4 heterocycles. The molecule has 24 heteroatoms. The second-order valence-electron chi connectivity index (χ2n) is 16.2. The van der Waals surface area contributed by atoms with Gasteiger partial charge in [-0.15, -0.1) is 11.6 Å². The number of carbonyl (C=O) groups is 1. The Morgan fingerprint density at radius 3 is 1.22 bits per heavy atom. The first kappa shape index (κ1) is 72.0. The van der Waals surface area contributed by atoms with Crippen molar-refractivity contribution >= 4 is 106 Å². The first-order valence-corrected chi connectivity index (χ1v) is 33.2. The van der Waals surface area contributed by atoms with Crippen molar-refractivity contribution in [2.45, 2.75) is 78.1 Å². The van der Waals surface area contributed by atoms with Crippen molar-refractivity contribution in [1.29, 1.82) is 0 Å². The number of fused-ring (bicyclic) bond motifs is 2. The molecule has 0 amide bonds. The molecule has 0 atom stereocenters.